The van der Waals surface area contributed by atoms with E-state index < -0.39 is 19.0 Å². The Morgan fingerprint density at radius 1 is 1.43 bits per heavy atom. The number of aryl methyl sites for hydroxylation is 1. The lowest BCUT2D eigenvalue weighted by Crippen LogP contribution is -2.28. The van der Waals surface area contributed by atoms with Crippen LogP contribution in [-0.4, -0.2) is 31.2 Å². The van der Waals surface area contributed by atoms with E-state index in [-0.39, 0.29) is 12.4 Å². The third-order valence-corrected chi connectivity index (χ3v) is 4.84. The first-order valence-electron chi connectivity index (χ1n) is 7.27. The third kappa shape index (κ3) is 4.91. The van der Waals surface area contributed by atoms with Crippen LogP contribution in [0, 0.1) is 0 Å². The molecular formula is C12H20ClFN5O3P. The molecule has 0 saturated carbocycles. The number of nitrogens with zero attached hydrogens (tertiary/aromatic N) is 3. The number of unbranched alkanes of at least 4 members (excludes halogenated alkanes) is 3. The van der Waals surface area contributed by atoms with Crippen LogP contribution in [0.5, 0.6) is 0 Å². The molecule has 23 heavy (non-hydrogen) atoms. The van der Waals surface area contributed by atoms with Crippen molar-refractivity contribution in [3.63, 3.8) is 0 Å². The fraction of sp³-hybridized carbons (Fsp3) is 0.667. The van der Waals surface area contributed by atoms with Crippen molar-refractivity contribution in [1.82, 2.24) is 9.55 Å². The number of aromatic nitrogens is 2. The molecule has 2 rings (SSSR count). The zero-order valence-electron chi connectivity index (χ0n) is 12.4. The van der Waals surface area contributed by atoms with Gasteiger partial charge in [-0.1, -0.05) is 24.4 Å². The molecule has 0 amide bonds. The van der Waals surface area contributed by atoms with E-state index >= 15 is 0 Å². The standard InChI is InChI=1S/C12H20ClFN5O3P/c13-10-9-11(18-12(15)17-10)19(7-16-9)6-4-2-1-3-5-8(14)23(20,21)22/h7-8,10H,1-6H2,(H3,15,17,18)(H2,20,21,22). The van der Waals surface area contributed by atoms with Crippen LogP contribution in [0.4, 0.5) is 10.2 Å². The Hall–Kier alpha value is -1.15. The minimum absolute atomic E-state index is 0.118. The summed E-state index contributed by atoms with van der Waals surface area (Å²) in [5, 5.41) is 2.93. The Kier molecular flexibility index (Phi) is 6.02. The van der Waals surface area contributed by atoms with Crippen molar-refractivity contribution >= 4 is 31.0 Å². The largest absolute Gasteiger partial charge is 0.370 e. The molecule has 8 nitrogen and oxygen atoms in total. The van der Waals surface area contributed by atoms with E-state index in [1.807, 2.05) is 4.57 Å². The molecule has 0 saturated heterocycles. The summed E-state index contributed by atoms with van der Waals surface area (Å²) >= 11 is 6.04. The number of nitrogens with two attached hydrogens (primary N) is 1. The number of hydrogen-bond donors (Lipinski definition) is 4. The zero-order chi connectivity index (χ0) is 17.0. The second kappa shape index (κ2) is 7.61. The van der Waals surface area contributed by atoms with Gasteiger partial charge in [0.05, 0.1) is 6.33 Å². The van der Waals surface area contributed by atoms with Gasteiger partial charge < -0.3 is 25.4 Å². The van der Waals surface area contributed by atoms with E-state index in [0.717, 1.165) is 18.7 Å². The van der Waals surface area contributed by atoms with Gasteiger partial charge in [-0.3, -0.25) is 4.57 Å². The van der Waals surface area contributed by atoms with Crippen molar-refractivity contribution in [1.29, 1.82) is 0 Å². The van der Waals surface area contributed by atoms with E-state index in [0.29, 0.717) is 25.1 Å². The van der Waals surface area contributed by atoms with Gasteiger partial charge in [0, 0.05) is 6.54 Å². The van der Waals surface area contributed by atoms with Crippen LogP contribution in [0.3, 0.4) is 0 Å². The summed E-state index contributed by atoms with van der Waals surface area (Å²) in [6, 6.07) is 0. The molecule has 1 aromatic rings. The average Bonchev–Trinajstić information content (AvgIpc) is 2.84. The first-order valence-corrected chi connectivity index (χ1v) is 9.39. The minimum atomic E-state index is -4.60. The van der Waals surface area contributed by atoms with E-state index in [2.05, 4.69) is 15.3 Å². The first kappa shape index (κ1) is 18.2. The van der Waals surface area contributed by atoms with Crippen LogP contribution >= 0.6 is 19.2 Å². The van der Waals surface area contributed by atoms with Crippen molar-refractivity contribution < 1.29 is 18.7 Å². The van der Waals surface area contributed by atoms with Crippen molar-refractivity contribution in [3.8, 4) is 0 Å². The average molecular weight is 368 g/mol. The molecule has 1 aromatic heterocycles. The maximum Gasteiger partial charge on any atom is 0.359 e. The lowest BCUT2D eigenvalue weighted by molar-refractivity contribution is 0.287. The van der Waals surface area contributed by atoms with Gasteiger partial charge in [0.25, 0.3) is 0 Å². The van der Waals surface area contributed by atoms with Crippen LogP contribution in [0.25, 0.3) is 0 Å². The molecule has 2 atom stereocenters. The van der Waals surface area contributed by atoms with E-state index in [9.17, 15) is 8.96 Å². The van der Waals surface area contributed by atoms with E-state index in [1.165, 1.54) is 0 Å². The number of imidazole rings is 1. The van der Waals surface area contributed by atoms with Crippen molar-refractivity contribution in [2.24, 2.45) is 10.7 Å². The summed E-state index contributed by atoms with van der Waals surface area (Å²) in [7, 11) is -4.60. The molecule has 11 heteroatoms. The molecule has 2 heterocycles. The summed E-state index contributed by atoms with van der Waals surface area (Å²) in [5.41, 5.74) is 5.67. The van der Waals surface area contributed by atoms with Crippen LogP contribution in [0.15, 0.2) is 11.3 Å². The lowest BCUT2D eigenvalue weighted by Gasteiger charge is -2.17. The molecule has 0 aromatic carbocycles. The van der Waals surface area contributed by atoms with Crippen molar-refractivity contribution in [3.05, 3.63) is 12.0 Å². The van der Waals surface area contributed by atoms with E-state index in [1.54, 1.807) is 6.33 Å². The number of hydrogen-bond acceptors (Lipinski definition) is 5. The maximum absolute atomic E-state index is 13.1. The number of aliphatic imine (C=N–C) groups is 1. The molecule has 2 unspecified atom stereocenters. The number of alkyl halides is 2. The minimum Gasteiger partial charge on any atom is -0.370 e. The molecule has 1 aliphatic rings. The molecule has 130 valence electrons. The summed E-state index contributed by atoms with van der Waals surface area (Å²) in [5.74, 6) is -1.09. The summed E-state index contributed by atoms with van der Waals surface area (Å²) < 4.78 is 25.6. The Bertz CT molecular complexity index is 620. The fourth-order valence-electron chi connectivity index (χ4n) is 2.33. The quantitative estimate of drug-likeness (QED) is 0.242. The molecule has 0 radical (unpaired) electrons. The highest BCUT2D eigenvalue weighted by Crippen LogP contribution is 2.44. The predicted molar refractivity (Wildman–Crippen MR) is 86.1 cm³/mol. The van der Waals surface area contributed by atoms with Gasteiger partial charge in [0.2, 0.25) is 5.91 Å². The van der Waals surface area contributed by atoms with E-state index in [4.69, 9.17) is 27.1 Å². The highest BCUT2D eigenvalue weighted by atomic mass is 35.5. The molecule has 5 N–H and O–H groups in total. The van der Waals surface area contributed by atoms with Crippen LogP contribution in [0.2, 0.25) is 0 Å². The second-order valence-electron chi connectivity index (χ2n) is 5.37. The molecule has 0 spiro atoms. The molecule has 1 aliphatic heterocycles. The predicted octanol–water partition coefficient (Wildman–Crippen LogP) is 2.28. The molecular weight excluding hydrogens is 348 g/mol. The highest BCUT2D eigenvalue weighted by Gasteiger charge is 2.27. The first-order chi connectivity index (χ1) is 10.8. The van der Waals surface area contributed by atoms with Gasteiger partial charge in [-0.25, -0.2) is 14.4 Å². The number of anilines is 1. The number of fused-ring (bicyclic) bond motifs is 1. The zero-order valence-corrected chi connectivity index (χ0v) is 14.0. The van der Waals surface area contributed by atoms with Crippen molar-refractivity contribution in [2.45, 2.75) is 50.1 Å². The molecule has 0 aliphatic carbocycles. The second-order valence-corrected chi connectivity index (χ2v) is 7.53. The van der Waals surface area contributed by atoms with Gasteiger partial charge in [0.15, 0.2) is 11.5 Å². The Labute approximate surface area is 138 Å². The van der Waals surface area contributed by atoms with Gasteiger partial charge in [-0.2, -0.15) is 0 Å². The Morgan fingerprint density at radius 2 is 2.13 bits per heavy atom. The van der Waals surface area contributed by atoms with Crippen LogP contribution in [-0.2, 0) is 11.1 Å². The van der Waals surface area contributed by atoms with Gasteiger partial charge in [0.1, 0.15) is 11.5 Å². The summed E-state index contributed by atoms with van der Waals surface area (Å²) in [4.78, 5) is 25.5. The highest BCUT2D eigenvalue weighted by molar-refractivity contribution is 7.52. The van der Waals surface area contributed by atoms with Gasteiger partial charge in [-0.15, -0.1) is 0 Å². The molecule has 0 bridgehead atoms. The number of rotatable bonds is 8. The maximum atomic E-state index is 13.1. The Balaban J connectivity index is 1.72. The normalized spacial score (nSPS) is 19.0. The topological polar surface area (TPSA) is 126 Å². The Morgan fingerprint density at radius 3 is 2.83 bits per heavy atom. The monoisotopic (exact) mass is 367 g/mol. The van der Waals surface area contributed by atoms with Crippen LogP contribution < -0.4 is 11.1 Å². The number of nitrogens with one attached hydrogen (secondary N) is 1. The van der Waals surface area contributed by atoms with Gasteiger partial charge in [-0.05, 0) is 19.3 Å². The van der Waals surface area contributed by atoms with Crippen molar-refractivity contribution in [2.75, 3.05) is 5.32 Å². The smallest absolute Gasteiger partial charge is 0.359 e. The number of guanidine groups is 1. The fourth-order valence-corrected chi connectivity index (χ4v) is 3.11. The SMILES string of the molecule is NC1=NC(Cl)c2ncn(CCCCCCC(F)P(=O)(O)O)c2N1. The number of halogens is 2. The van der Waals surface area contributed by atoms with Gasteiger partial charge >= 0.3 is 7.60 Å². The summed E-state index contributed by atoms with van der Waals surface area (Å²) in [6.07, 6.45) is 4.32. The van der Waals surface area contributed by atoms with Crippen LogP contribution in [0.1, 0.15) is 43.3 Å². The third-order valence-electron chi connectivity index (χ3n) is 3.55. The summed E-state index contributed by atoms with van der Waals surface area (Å²) in [6.45, 7) is 0.684. The lowest BCUT2D eigenvalue weighted by atomic mass is 10.1. The molecule has 0 fully saturated rings.